The van der Waals surface area contributed by atoms with E-state index in [-0.39, 0.29) is 16.7 Å². The molecule has 1 aromatic carbocycles. The molecule has 11 heteroatoms. The second kappa shape index (κ2) is 8.15. The van der Waals surface area contributed by atoms with Crippen LogP contribution in [0.1, 0.15) is 24.3 Å². The summed E-state index contributed by atoms with van der Waals surface area (Å²) >= 11 is 1.31. The second-order valence-electron chi connectivity index (χ2n) is 6.33. The van der Waals surface area contributed by atoms with Crippen LogP contribution in [0.5, 0.6) is 5.75 Å². The van der Waals surface area contributed by atoms with Gasteiger partial charge in [0.15, 0.2) is 5.13 Å². The third-order valence-corrected chi connectivity index (χ3v) is 5.37. The fourth-order valence-corrected chi connectivity index (χ4v) is 3.68. The number of carbonyl (C=O) groups excluding carboxylic acids is 1. The highest BCUT2D eigenvalue weighted by Crippen LogP contribution is 2.33. The Morgan fingerprint density at radius 2 is 2.00 bits per heavy atom. The van der Waals surface area contributed by atoms with Crippen molar-refractivity contribution in [3.63, 3.8) is 0 Å². The Balaban J connectivity index is 1.90. The number of hydrogen-bond acceptors (Lipinski definition) is 8. The van der Waals surface area contributed by atoms with Crippen LogP contribution in [-0.2, 0) is 10.0 Å². The predicted molar refractivity (Wildman–Crippen MR) is 111 cm³/mol. The molecule has 0 saturated carbocycles. The fraction of sp³-hybridized carbons (Fsp3) is 0.167. The van der Waals surface area contributed by atoms with Gasteiger partial charge in [0, 0.05) is 17.1 Å². The number of carbonyl (C=O) groups is 1. The van der Waals surface area contributed by atoms with E-state index in [4.69, 9.17) is 15.6 Å². The summed E-state index contributed by atoms with van der Waals surface area (Å²) in [5, 5.41) is 10.6. The molecule has 2 heterocycles. The van der Waals surface area contributed by atoms with Crippen LogP contribution in [0.15, 0.2) is 46.8 Å². The van der Waals surface area contributed by atoms with Crippen molar-refractivity contribution in [1.82, 2.24) is 9.97 Å². The van der Waals surface area contributed by atoms with Gasteiger partial charge in [-0.3, -0.25) is 9.78 Å². The number of primary sulfonamides is 1. The third kappa shape index (κ3) is 5.08. The van der Waals surface area contributed by atoms with Crippen LogP contribution in [-0.4, -0.2) is 30.4 Å². The molecule has 0 saturated heterocycles. The van der Waals surface area contributed by atoms with Gasteiger partial charge in [-0.25, -0.2) is 18.5 Å². The van der Waals surface area contributed by atoms with Crippen molar-refractivity contribution < 1.29 is 17.9 Å². The zero-order chi connectivity index (χ0) is 21.2. The molecule has 0 aliphatic rings. The summed E-state index contributed by atoms with van der Waals surface area (Å²) in [7, 11) is -3.87. The number of aromatic nitrogens is 2. The number of nitrogens with zero attached hydrogens (tertiary/aromatic N) is 2. The largest absolute Gasteiger partial charge is 0.489 e. The van der Waals surface area contributed by atoms with Crippen LogP contribution in [0, 0.1) is 0 Å². The minimum absolute atomic E-state index is 0.0425. The number of nitrogens with one attached hydrogen (secondary N) is 1. The van der Waals surface area contributed by atoms with E-state index in [1.165, 1.54) is 35.7 Å². The van der Waals surface area contributed by atoms with Gasteiger partial charge in [-0.2, -0.15) is 0 Å². The number of pyridine rings is 1. The van der Waals surface area contributed by atoms with E-state index < -0.39 is 15.9 Å². The number of rotatable bonds is 7. The molecule has 0 aliphatic carbocycles. The minimum atomic E-state index is -3.87. The quantitative estimate of drug-likeness (QED) is 0.518. The van der Waals surface area contributed by atoms with Gasteiger partial charge >= 0.3 is 0 Å². The Morgan fingerprint density at radius 3 is 2.59 bits per heavy atom. The molecule has 0 unspecified atom stereocenters. The topological polar surface area (TPSA) is 150 Å². The van der Waals surface area contributed by atoms with Crippen LogP contribution in [0.4, 0.5) is 10.8 Å². The van der Waals surface area contributed by atoms with E-state index in [0.29, 0.717) is 27.8 Å². The number of nitrogens with two attached hydrogens (primary N) is 2. The first-order valence-electron chi connectivity index (χ1n) is 8.46. The SMILES string of the molecule is CC(C)Oc1ccc(S(N)(=O)=O)cc1Nc1nc(-c2ccc(C(N)=O)nc2)cs1. The molecule has 29 heavy (non-hydrogen) atoms. The lowest BCUT2D eigenvalue weighted by Gasteiger charge is -2.15. The van der Waals surface area contributed by atoms with Crippen molar-refractivity contribution in [1.29, 1.82) is 0 Å². The Labute approximate surface area is 171 Å². The number of anilines is 2. The van der Waals surface area contributed by atoms with E-state index in [2.05, 4.69) is 15.3 Å². The standard InChI is InChI=1S/C18H19N5O4S2/c1-10(2)27-16-6-4-12(29(20,25)26)7-14(16)22-18-23-15(9-28-18)11-3-5-13(17(19)24)21-8-11/h3-10H,1-2H3,(H2,19,24)(H,22,23)(H2,20,25,26). The molecule has 0 bridgehead atoms. The Morgan fingerprint density at radius 1 is 1.24 bits per heavy atom. The first kappa shape index (κ1) is 20.7. The Hall–Kier alpha value is -3.02. The third-order valence-electron chi connectivity index (χ3n) is 3.70. The monoisotopic (exact) mass is 433 g/mol. The summed E-state index contributed by atoms with van der Waals surface area (Å²) in [6, 6.07) is 7.55. The molecule has 0 fully saturated rings. The predicted octanol–water partition coefficient (Wildman–Crippen LogP) is 2.48. The van der Waals surface area contributed by atoms with Gasteiger partial charge < -0.3 is 15.8 Å². The Bertz CT molecular complexity index is 1140. The van der Waals surface area contributed by atoms with Crippen molar-refractivity contribution in [3.05, 3.63) is 47.6 Å². The van der Waals surface area contributed by atoms with Gasteiger partial charge in [-0.15, -0.1) is 11.3 Å². The summed E-state index contributed by atoms with van der Waals surface area (Å²) < 4.78 is 29.1. The molecular formula is C18H19N5O4S2. The average molecular weight is 434 g/mol. The molecule has 5 N–H and O–H groups in total. The van der Waals surface area contributed by atoms with Crippen LogP contribution in [0.25, 0.3) is 11.3 Å². The fourth-order valence-electron chi connectivity index (χ4n) is 2.41. The molecule has 3 rings (SSSR count). The van der Waals surface area contributed by atoms with Gasteiger partial charge in [0.2, 0.25) is 10.0 Å². The van der Waals surface area contributed by atoms with Gasteiger partial charge in [0.05, 0.1) is 22.4 Å². The molecule has 1 amide bonds. The van der Waals surface area contributed by atoms with E-state index in [1.807, 2.05) is 13.8 Å². The van der Waals surface area contributed by atoms with Gasteiger partial charge in [-0.1, -0.05) is 0 Å². The van der Waals surface area contributed by atoms with E-state index >= 15 is 0 Å². The molecule has 2 aromatic heterocycles. The molecule has 0 radical (unpaired) electrons. The lowest BCUT2D eigenvalue weighted by Crippen LogP contribution is -2.13. The smallest absolute Gasteiger partial charge is 0.267 e. The highest BCUT2D eigenvalue weighted by molar-refractivity contribution is 7.89. The van der Waals surface area contributed by atoms with Gasteiger partial charge in [0.25, 0.3) is 5.91 Å². The van der Waals surface area contributed by atoms with Crippen molar-refractivity contribution in [2.24, 2.45) is 10.9 Å². The van der Waals surface area contributed by atoms with Crippen LogP contribution in [0.3, 0.4) is 0 Å². The van der Waals surface area contributed by atoms with Crippen molar-refractivity contribution in [3.8, 4) is 17.0 Å². The maximum absolute atomic E-state index is 11.7. The van der Waals surface area contributed by atoms with Gasteiger partial charge in [0.1, 0.15) is 11.4 Å². The Kier molecular flexibility index (Phi) is 5.82. The van der Waals surface area contributed by atoms with E-state index in [1.54, 1.807) is 17.5 Å². The number of thiazole rings is 1. The number of amides is 1. The van der Waals surface area contributed by atoms with E-state index in [9.17, 15) is 13.2 Å². The van der Waals surface area contributed by atoms with Crippen LogP contribution >= 0.6 is 11.3 Å². The normalized spacial score (nSPS) is 11.4. The molecule has 3 aromatic rings. The summed E-state index contributed by atoms with van der Waals surface area (Å²) in [4.78, 5) is 19.6. The number of sulfonamides is 1. The molecule has 0 spiro atoms. The lowest BCUT2D eigenvalue weighted by molar-refractivity contribution is 0.0995. The maximum Gasteiger partial charge on any atom is 0.267 e. The first-order chi connectivity index (χ1) is 13.6. The zero-order valence-electron chi connectivity index (χ0n) is 15.6. The van der Waals surface area contributed by atoms with Crippen LogP contribution < -0.4 is 20.9 Å². The highest BCUT2D eigenvalue weighted by atomic mass is 32.2. The zero-order valence-corrected chi connectivity index (χ0v) is 17.3. The molecule has 9 nitrogen and oxygen atoms in total. The molecule has 152 valence electrons. The van der Waals surface area contributed by atoms with Crippen molar-refractivity contribution in [2.75, 3.05) is 5.32 Å². The van der Waals surface area contributed by atoms with Crippen molar-refractivity contribution in [2.45, 2.75) is 24.8 Å². The number of ether oxygens (including phenoxy) is 1. The highest BCUT2D eigenvalue weighted by Gasteiger charge is 2.15. The second-order valence-corrected chi connectivity index (χ2v) is 8.75. The van der Waals surface area contributed by atoms with E-state index in [0.717, 1.165) is 0 Å². The molecule has 0 aliphatic heterocycles. The summed E-state index contributed by atoms with van der Waals surface area (Å²) in [5.74, 6) is -0.138. The summed E-state index contributed by atoms with van der Waals surface area (Å²) in [6.45, 7) is 3.73. The minimum Gasteiger partial charge on any atom is -0.489 e. The van der Waals surface area contributed by atoms with Crippen LogP contribution in [0.2, 0.25) is 0 Å². The maximum atomic E-state index is 11.7. The molecular weight excluding hydrogens is 414 g/mol. The number of primary amides is 1. The number of benzene rings is 1. The first-order valence-corrected chi connectivity index (χ1v) is 10.9. The summed E-state index contributed by atoms with van der Waals surface area (Å²) in [5.41, 5.74) is 7.12. The molecule has 0 atom stereocenters. The number of hydrogen-bond donors (Lipinski definition) is 3. The average Bonchev–Trinajstić information content (AvgIpc) is 3.10. The van der Waals surface area contributed by atoms with Crippen molar-refractivity contribution >= 4 is 38.1 Å². The summed E-state index contributed by atoms with van der Waals surface area (Å²) in [6.07, 6.45) is 1.39. The lowest BCUT2D eigenvalue weighted by atomic mass is 10.2. The van der Waals surface area contributed by atoms with Gasteiger partial charge in [-0.05, 0) is 44.2 Å².